The number of sulfonamides is 1. The fraction of sp³-hybridized carbons (Fsp3) is 0.636. The third-order valence-electron chi connectivity index (χ3n) is 3.06. The molecule has 0 radical (unpaired) electrons. The Balaban J connectivity index is 1.91. The van der Waals surface area contributed by atoms with Gasteiger partial charge in [-0.25, -0.2) is 13.1 Å². The Bertz CT molecular complexity index is 478. The molecule has 0 saturated carbocycles. The molecule has 0 bridgehead atoms. The van der Waals surface area contributed by atoms with E-state index in [9.17, 15) is 8.42 Å². The zero-order valence-electron chi connectivity index (χ0n) is 10.1. The Morgan fingerprint density at radius 2 is 2.11 bits per heavy atom. The lowest BCUT2D eigenvalue weighted by molar-refractivity contribution is 0.282. The van der Waals surface area contributed by atoms with Crippen LogP contribution in [0.5, 0.6) is 0 Å². The highest BCUT2D eigenvalue weighted by Gasteiger charge is 2.19. The Morgan fingerprint density at radius 1 is 1.39 bits per heavy atom. The predicted molar refractivity (Wildman–Crippen MR) is 71.1 cm³/mol. The Kier molecular flexibility index (Phi) is 4.74. The monoisotopic (exact) mass is 290 g/mol. The van der Waals surface area contributed by atoms with Crippen LogP contribution in [0, 0.1) is 0 Å². The van der Waals surface area contributed by atoms with E-state index in [1.807, 2.05) is 0 Å². The van der Waals surface area contributed by atoms with Crippen molar-refractivity contribution in [3.05, 3.63) is 16.3 Å². The number of aliphatic hydroxyl groups is 1. The number of nitrogens with zero attached hydrogens (tertiary/aromatic N) is 1. The third kappa shape index (κ3) is 3.30. The molecule has 2 heterocycles. The standard InChI is InChI=1S/C11H18N2O3S2/c14-9-10-11(3-8-17-10)18(15,16)12-4-7-13-5-1-2-6-13/h3,8,12,14H,1-2,4-7,9H2. The molecule has 0 unspecified atom stereocenters. The van der Waals surface area contributed by atoms with Gasteiger partial charge in [0.05, 0.1) is 11.5 Å². The molecule has 2 rings (SSSR count). The van der Waals surface area contributed by atoms with Gasteiger partial charge in [0.1, 0.15) is 0 Å². The van der Waals surface area contributed by atoms with E-state index in [0.717, 1.165) is 19.6 Å². The number of thiophene rings is 1. The summed E-state index contributed by atoms with van der Waals surface area (Å²) in [5.74, 6) is 0. The summed E-state index contributed by atoms with van der Waals surface area (Å²) in [5.41, 5.74) is 0. The summed E-state index contributed by atoms with van der Waals surface area (Å²) in [6, 6.07) is 1.54. The van der Waals surface area contributed by atoms with Gasteiger partial charge >= 0.3 is 0 Å². The van der Waals surface area contributed by atoms with E-state index in [-0.39, 0.29) is 11.5 Å². The quantitative estimate of drug-likeness (QED) is 0.805. The number of hydrogen-bond donors (Lipinski definition) is 2. The first-order valence-corrected chi connectivity index (χ1v) is 8.39. The summed E-state index contributed by atoms with van der Waals surface area (Å²) in [6.45, 7) is 3.05. The molecule has 0 amide bonds. The molecule has 0 aromatic carbocycles. The molecule has 1 fully saturated rings. The SMILES string of the molecule is O=S(=O)(NCCN1CCCC1)c1ccsc1CO. The van der Waals surface area contributed by atoms with Crippen LogP contribution in [-0.4, -0.2) is 44.6 Å². The maximum absolute atomic E-state index is 12.0. The number of nitrogens with one attached hydrogen (secondary N) is 1. The van der Waals surface area contributed by atoms with Gasteiger partial charge in [-0.1, -0.05) is 0 Å². The van der Waals surface area contributed by atoms with Crippen molar-refractivity contribution in [3.8, 4) is 0 Å². The lowest BCUT2D eigenvalue weighted by atomic mass is 10.4. The zero-order chi connectivity index (χ0) is 13.0. The summed E-state index contributed by atoms with van der Waals surface area (Å²) >= 11 is 1.26. The lowest BCUT2D eigenvalue weighted by Crippen LogP contribution is -2.33. The van der Waals surface area contributed by atoms with Gasteiger partial charge < -0.3 is 10.0 Å². The smallest absolute Gasteiger partial charge is 0.241 e. The van der Waals surface area contributed by atoms with E-state index in [1.54, 1.807) is 5.38 Å². The van der Waals surface area contributed by atoms with Gasteiger partial charge in [0.15, 0.2) is 0 Å². The maximum atomic E-state index is 12.0. The third-order valence-corrected chi connectivity index (χ3v) is 5.64. The molecule has 7 heteroatoms. The molecule has 18 heavy (non-hydrogen) atoms. The number of rotatable bonds is 6. The van der Waals surface area contributed by atoms with E-state index in [2.05, 4.69) is 9.62 Å². The molecule has 1 aromatic heterocycles. The average Bonchev–Trinajstić information content (AvgIpc) is 2.99. The minimum Gasteiger partial charge on any atom is -0.391 e. The molecule has 0 atom stereocenters. The van der Waals surface area contributed by atoms with Crippen molar-refractivity contribution >= 4 is 21.4 Å². The predicted octanol–water partition coefficient (Wildman–Crippen LogP) is 0.614. The van der Waals surface area contributed by atoms with E-state index < -0.39 is 10.0 Å². The van der Waals surface area contributed by atoms with Crippen LogP contribution in [0.25, 0.3) is 0 Å². The average molecular weight is 290 g/mol. The van der Waals surface area contributed by atoms with E-state index >= 15 is 0 Å². The van der Waals surface area contributed by atoms with Gasteiger partial charge in [-0.15, -0.1) is 11.3 Å². The summed E-state index contributed by atoms with van der Waals surface area (Å²) in [4.78, 5) is 2.95. The molecule has 2 N–H and O–H groups in total. The van der Waals surface area contributed by atoms with Crippen molar-refractivity contribution in [2.24, 2.45) is 0 Å². The fourth-order valence-electron chi connectivity index (χ4n) is 2.11. The minimum atomic E-state index is -3.48. The van der Waals surface area contributed by atoms with Gasteiger partial charge in [0.2, 0.25) is 10.0 Å². The van der Waals surface area contributed by atoms with Crippen molar-refractivity contribution in [3.63, 3.8) is 0 Å². The molecule has 0 spiro atoms. The molecule has 102 valence electrons. The van der Waals surface area contributed by atoms with Crippen molar-refractivity contribution in [2.75, 3.05) is 26.2 Å². The second-order valence-corrected chi connectivity index (χ2v) is 7.05. The second-order valence-electron chi connectivity index (χ2n) is 4.31. The second kappa shape index (κ2) is 6.12. The highest BCUT2D eigenvalue weighted by Crippen LogP contribution is 2.21. The highest BCUT2D eigenvalue weighted by atomic mass is 32.2. The van der Waals surface area contributed by atoms with Crippen LogP contribution in [0.1, 0.15) is 17.7 Å². The summed E-state index contributed by atoms with van der Waals surface area (Å²) in [6.07, 6.45) is 2.40. The van der Waals surface area contributed by atoms with Gasteiger partial charge in [-0.2, -0.15) is 0 Å². The first kappa shape index (κ1) is 14.0. The largest absolute Gasteiger partial charge is 0.391 e. The number of hydrogen-bond acceptors (Lipinski definition) is 5. The van der Waals surface area contributed by atoms with Gasteiger partial charge in [0, 0.05) is 18.0 Å². The van der Waals surface area contributed by atoms with Crippen LogP contribution < -0.4 is 4.72 Å². The number of likely N-dealkylation sites (tertiary alicyclic amines) is 1. The van der Waals surface area contributed by atoms with Crippen molar-refractivity contribution in [1.82, 2.24) is 9.62 Å². The van der Waals surface area contributed by atoms with Gasteiger partial charge in [-0.3, -0.25) is 0 Å². The van der Waals surface area contributed by atoms with Crippen LogP contribution >= 0.6 is 11.3 Å². The van der Waals surface area contributed by atoms with Gasteiger partial charge in [-0.05, 0) is 37.4 Å². The van der Waals surface area contributed by atoms with Crippen molar-refractivity contribution < 1.29 is 13.5 Å². The van der Waals surface area contributed by atoms with Crippen molar-refractivity contribution in [2.45, 2.75) is 24.3 Å². The lowest BCUT2D eigenvalue weighted by Gasteiger charge is -2.14. The van der Waals surface area contributed by atoms with E-state index in [0.29, 0.717) is 11.4 Å². The summed E-state index contributed by atoms with van der Waals surface area (Å²) in [5, 5.41) is 10.8. The summed E-state index contributed by atoms with van der Waals surface area (Å²) in [7, 11) is -3.48. The fourth-order valence-corrected chi connectivity index (χ4v) is 4.42. The summed E-state index contributed by atoms with van der Waals surface area (Å²) < 4.78 is 26.6. The van der Waals surface area contributed by atoms with Crippen LogP contribution in [0.3, 0.4) is 0 Å². The first-order chi connectivity index (χ1) is 8.63. The van der Waals surface area contributed by atoms with Crippen molar-refractivity contribution in [1.29, 1.82) is 0 Å². The molecular weight excluding hydrogens is 272 g/mol. The Morgan fingerprint density at radius 3 is 2.78 bits per heavy atom. The Labute approximate surface area is 111 Å². The van der Waals surface area contributed by atoms with Crippen LogP contribution in [0.4, 0.5) is 0 Å². The Hall–Kier alpha value is -0.470. The zero-order valence-corrected chi connectivity index (χ0v) is 11.8. The van der Waals surface area contributed by atoms with Gasteiger partial charge in [0.25, 0.3) is 0 Å². The molecule has 0 aliphatic carbocycles. The first-order valence-electron chi connectivity index (χ1n) is 6.03. The highest BCUT2D eigenvalue weighted by molar-refractivity contribution is 7.89. The molecule has 1 aliphatic rings. The molecular formula is C11H18N2O3S2. The molecule has 1 aliphatic heterocycles. The van der Waals surface area contributed by atoms with Crippen LogP contribution in [-0.2, 0) is 16.6 Å². The maximum Gasteiger partial charge on any atom is 0.241 e. The van der Waals surface area contributed by atoms with E-state index in [1.165, 1.54) is 30.2 Å². The topological polar surface area (TPSA) is 69.6 Å². The van der Waals surface area contributed by atoms with Crippen LogP contribution in [0.2, 0.25) is 0 Å². The molecule has 1 saturated heterocycles. The van der Waals surface area contributed by atoms with Crippen LogP contribution in [0.15, 0.2) is 16.3 Å². The normalized spacial score (nSPS) is 17.4. The molecule has 5 nitrogen and oxygen atoms in total. The minimum absolute atomic E-state index is 0.205. The number of aliphatic hydroxyl groups excluding tert-OH is 1. The molecule has 1 aromatic rings. The van der Waals surface area contributed by atoms with E-state index in [4.69, 9.17) is 5.11 Å².